The van der Waals surface area contributed by atoms with Crippen LogP contribution < -0.4 is 5.73 Å². The Balaban J connectivity index is 1.77. The Morgan fingerprint density at radius 1 is 1.17 bits per heavy atom. The molecule has 1 fully saturated rings. The molecular formula is C15H23FN2. The molecule has 100 valence electrons. The molecule has 0 saturated heterocycles. The van der Waals surface area contributed by atoms with E-state index in [-0.39, 0.29) is 5.82 Å². The number of nitrogens with zero attached hydrogens (tertiary/aromatic N) is 1. The molecule has 2 N–H and O–H groups in total. The van der Waals surface area contributed by atoms with Gasteiger partial charge in [0.2, 0.25) is 0 Å². The summed E-state index contributed by atoms with van der Waals surface area (Å²) in [5.74, 6) is -0.159. The molecule has 1 aliphatic rings. The Morgan fingerprint density at radius 2 is 1.78 bits per heavy atom. The quantitative estimate of drug-likeness (QED) is 0.890. The summed E-state index contributed by atoms with van der Waals surface area (Å²) in [6, 6.07) is 7.90. The van der Waals surface area contributed by atoms with Gasteiger partial charge in [-0.05, 0) is 56.8 Å². The van der Waals surface area contributed by atoms with Crippen molar-refractivity contribution in [3.8, 4) is 0 Å². The lowest BCUT2D eigenvalue weighted by atomic mass is 9.91. The van der Waals surface area contributed by atoms with Gasteiger partial charge in [0.05, 0.1) is 0 Å². The van der Waals surface area contributed by atoms with Crippen molar-refractivity contribution in [1.82, 2.24) is 4.90 Å². The topological polar surface area (TPSA) is 29.3 Å². The highest BCUT2D eigenvalue weighted by Crippen LogP contribution is 2.21. The number of nitrogens with two attached hydrogens (primary N) is 1. The first-order valence-corrected chi connectivity index (χ1v) is 6.85. The summed E-state index contributed by atoms with van der Waals surface area (Å²) in [5, 5.41) is 0. The number of rotatable bonds is 4. The highest BCUT2D eigenvalue weighted by Gasteiger charge is 2.21. The fourth-order valence-electron chi connectivity index (χ4n) is 2.68. The summed E-state index contributed by atoms with van der Waals surface area (Å²) in [6.45, 7) is 1.03. The van der Waals surface area contributed by atoms with Crippen molar-refractivity contribution in [3.63, 3.8) is 0 Å². The van der Waals surface area contributed by atoms with E-state index in [1.165, 1.54) is 30.5 Å². The fraction of sp³-hybridized carbons (Fsp3) is 0.600. The number of hydrogen-bond donors (Lipinski definition) is 1. The monoisotopic (exact) mass is 250 g/mol. The van der Waals surface area contributed by atoms with E-state index in [0.717, 1.165) is 25.8 Å². The van der Waals surface area contributed by atoms with Crippen LogP contribution in [0.3, 0.4) is 0 Å². The number of hydrogen-bond acceptors (Lipinski definition) is 2. The molecule has 0 spiro atoms. The lowest BCUT2D eigenvalue weighted by Crippen LogP contribution is -2.39. The van der Waals surface area contributed by atoms with E-state index >= 15 is 0 Å². The molecule has 1 saturated carbocycles. The second-order valence-electron chi connectivity index (χ2n) is 5.43. The van der Waals surface area contributed by atoms with Crippen LogP contribution in [0.1, 0.15) is 31.2 Å². The van der Waals surface area contributed by atoms with Crippen molar-refractivity contribution in [2.45, 2.75) is 44.2 Å². The molecule has 18 heavy (non-hydrogen) atoms. The molecule has 0 aromatic heterocycles. The van der Waals surface area contributed by atoms with Crippen LogP contribution >= 0.6 is 0 Å². The van der Waals surface area contributed by atoms with Gasteiger partial charge in [0, 0.05) is 18.6 Å². The molecule has 1 aromatic carbocycles. The summed E-state index contributed by atoms with van der Waals surface area (Å²) in [6.07, 6.45) is 5.69. The average molecular weight is 250 g/mol. The Kier molecular flexibility index (Phi) is 4.72. The molecular weight excluding hydrogens is 227 g/mol. The maximum atomic E-state index is 12.8. The third kappa shape index (κ3) is 3.79. The highest BCUT2D eigenvalue weighted by molar-refractivity contribution is 5.16. The molecule has 0 unspecified atom stereocenters. The second kappa shape index (κ2) is 6.30. The lowest BCUT2D eigenvalue weighted by Gasteiger charge is -2.33. The van der Waals surface area contributed by atoms with Gasteiger partial charge in [0.25, 0.3) is 0 Å². The molecule has 3 heteroatoms. The van der Waals surface area contributed by atoms with E-state index in [0.29, 0.717) is 12.1 Å². The standard InChI is InChI=1S/C15H23FN2/c1-18(15-8-6-14(17)7-9-15)11-10-12-2-4-13(16)5-3-12/h2-5,14-15H,6-11,17H2,1H3. The van der Waals surface area contributed by atoms with Gasteiger partial charge in [-0.25, -0.2) is 4.39 Å². The number of likely N-dealkylation sites (N-methyl/N-ethyl adjacent to an activating group) is 1. The van der Waals surface area contributed by atoms with Gasteiger partial charge in [-0.1, -0.05) is 12.1 Å². The van der Waals surface area contributed by atoms with Crippen LogP contribution in [0.15, 0.2) is 24.3 Å². The first-order valence-electron chi connectivity index (χ1n) is 6.85. The minimum absolute atomic E-state index is 0.159. The van der Waals surface area contributed by atoms with Crippen molar-refractivity contribution < 1.29 is 4.39 Å². The third-order valence-corrected chi connectivity index (χ3v) is 4.03. The van der Waals surface area contributed by atoms with Gasteiger partial charge in [-0.2, -0.15) is 0 Å². The first kappa shape index (κ1) is 13.5. The molecule has 0 bridgehead atoms. The minimum atomic E-state index is -0.159. The Morgan fingerprint density at radius 3 is 2.39 bits per heavy atom. The summed E-state index contributed by atoms with van der Waals surface area (Å²) < 4.78 is 12.8. The van der Waals surface area contributed by atoms with E-state index in [2.05, 4.69) is 11.9 Å². The second-order valence-corrected chi connectivity index (χ2v) is 5.43. The molecule has 0 amide bonds. The number of benzene rings is 1. The van der Waals surface area contributed by atoms with Crippen LogP contribution in [0.4, 0.5) is 4.39 Å². The minimum Gasteiger partial charge on any atom is -0.328 e. The fourth-order valence-corrected chi connectivity index (χ4v) is 2.68. The summed E-state index contributed by atoms with van der Waals surface area (Å²) in [4.78, 5) is 2.43. The smallest absolute Gasteiger partial charge is 0.123 e. The maximum absolute atomic E-state index is 12.8. The zero-order chi connectivity index (χ0) is 13.0. The lowest BCUT2D eigenvalue weighted by molar-refractivity contribution is 0.185. The Hall–Kier alpha value is -0.930. The van der Waals surface area contributed by atoms with Crippen LogP contribution in [-0.2, 0) is 6.42 Å². The molecule has 0 aliphatic heterocycles. The van der Waals surface area contributed by atoms with Crippen molar-refractivity contribution in [3.05, 3.63) is 35.6 Å². The van der Waals surface area contributed by atoms with Crippen LogP contribution in [0.5, 0.6) is 0 Å². The largest absolute Gasteiger partial charge is 0.328 e. The van der Waals surface area contributed by atoms with Crippen molar-refractivity contribution in [2.24, 2.45) is 5.73 Å². The molecule has 0 radical (unpaired) electrons. The first-order chi connectivity index (χ1) is 8.65. The summed E-state index contributed by atoms with van der Waals surface area (Å²) in [7, 11) is 2.19. The van der Waals surface area contributed by atoms with Crippen molar-refractivity contribution in [2.75, 3.05) is 13.6 Å². The SMILES string of the molecule is CN(CCc1ccc(F)cc1)C1CCC(N)CC1. The van der Waals surface area contributed by atoms with E-state index in [1.807, 2.05) is 12.1 Å². The van der Waals surface area contributed by atoms with Gasteiger partial charge in [-0.15, -0.1) is 0 Å². The molecule has 0 atom stereocenters. The van der Waals surface area contributed by atoms with Gasteiger partial charge < -0.3 is 10.6 Å². The van der Waals surface area contributed by atoms with E-state index < -0.39 is 0 Å². The van der Waals surface area contributed by atoms with Gasteiger partial charge >= 0.3 is 0 Å². The van der Waals surface area contributed by atoms with E-state index in [9.17, 15) is 4.39 Å². The summed E-state index contributed by atoms with van der Waals surface area (Å²) in [5.41, 5.74) is 7.13. The van der Waals surface area contributed by atoms with Crippen molar-refractivity contribution in [1.29, 1.82) is 0 Å². The Bertz CT molecular complexity index is 355. The van der Waals surface area contributed by atoms with Gasteiger partial charge in [0.15, 0.2) is 0 Å². The average Bonchev–Trinajstić information content (AvgIpc) is 2.38. The highest BCUT2D eigenvalue weighted by atomic mass is 19.1. The normalized spacial score (nSPS) is 24.4. The van der Waals surface area contributed by atoms with Crippen LogP contribution in [0.25, 0.3) is 0 Å². The molecule has 1 aromatic rings. The number of halogens is 1. The van der Waals surface area contributed by atoms with E-state index in [1.54, 1.807) is 0 Å². The zero-order valence-electron chi connectivity index (χ0n) is 11.1. The maximum Gasteiger partial charge on any atom is 0.123 e. The zero-order valence-corrected chi connectivity index (χ0v) is 11.1. The molecule has 2 nitrogen and oxygen atoms in total. The third-order valence-electron chi connectivity index (χ3n) is 4.03. The van der Waals surface area contributed by atoms with Crippen LogP contribution in [0.2, 0.25) is 0 Å². The Labute approximate surface area is 109 Å². The van der Waals surface area contributed by atoms with E-state index in [4.69, 9.17) is 5.73 Å². The summed E-state index contributed by atoms with van der Waals surface area (Å²) >= 11 is 0. The molecule has 0 heterocycles. The predicted octanol–water partition coefficient (Wildman–Crippen LogP) is 2.57. The molecule has 1 aliphatic carbocycles. The van der Waals surface area contributed by atoms with Gasteiger partial charge in [0.1, 0.15) is 5.82 Å². The van der Waals surface area contributed by atoms with Crippen LogP contribution in [-0.4, -0.2) is 30.6 Å². The van der Waals surface area contributed by atoms with Crippen LogP contribution in [0, 0.1) is 5.82 Å². The predicted molar refractivity (Wildman–Crippen MR) is 73.0 cm³/mol. The molecule has 2 rings (SSSR count). The van der Waals surface area contributed by atoms with Crippen molar-refractivity contribution >= 4 is 0 Å². The van der Waals surface area contributed by atoms with Gasteiger partial charge in [-0.3, -0.25) is 0 Å².